The number of ether oxygens (including phenoxy) is 1. The molecule has 0 aromatic heterocycles. The first-order valence-corrected chi connectivity index (χ1v) is 5.69. The van der Waals surface area contributed by atoms with Crippen molar-refractivity contribution in [2.45, 2.75) is 46.5 Å². The Kier molecular flexibility index (Phi) is 17.1. The predicted molar refractivity (Wildman–Crippen MR) is 64.2 cm³/mol. The van der Waals surface area contributed by atoms with Crippen LogP contribution in [0.3, 0.4) is 0 Å². The van der Waals surface area contributed by atoms with E-state index >= 15 is 0 Å². The molecule has 0 heterocycles. The second-order valence-corrected chi connectivity index (χ2v) is 3.27. The molecule has 2 heteroatoms. The van der Waals surface area contributed by atoms with Crippen molar-refractivity contribution in [3.63, 3.8) is 0 Å². The molecule has 0 saturated heterocycles. The Balaban J connectivity index is 0. The molecule has 0 spiro atoms. The molecule has 0 aliphatic heterocycles. The van der Waals surface area contributed by atoms with Gasteiger partial charge in [-0.15, -0.1) is 0 Å². The lowest BCUT2D eigenvalue weighted by Gasteiger charge is -2.09. The zero-order valence-corrected chi connectivity index (χ0v) is 10.1. The molecule has 2 nitrogen and oxygen atoms in total. The number of hydrogen-bond acceptors (Lipinski definition) is 2. The van der Waals surface area contributed by atoms with E-state index in [4.69, 9.17) is 5.73 Å². The zero-order chi connectivity index (χ0) is 11.2. The minimum atomic E-state index is 0.726. The van der Waals surface area contributed by atoms with Gasteiger partial charge in [-0.3, -0.25) is 0 Å². The molecule has 1 atom stereocenters. The van der Waals surface area contributed by atoms with Crippen LogP contribution < -0.4 is 5.73 Å². The van der Waals surface area contributed by atoms with E-state index in [0.717, 1.165) is 19.1 Å². The van der Waals surface area contributed by atoms with Crippen molar-refractivity contribution in [1.29, 1.82) is 0 Å². The quantitative estimate of drug-likeness (QED) is 0.641. The minimum Gasteiger partial charge on any atom is -0.502 e. The summed E-state index contributed by atoms with van der Waals surface area (Å²) in [5.74, 6) is 0.782. The molecule has 0 aliphatic carbocycles. The molecular formula is C12H27NO. The van der Waals surface area contributed by atoms with Crippen LogP contribution in [0.1, 0.15) is 46.5 Å². The summed E-state index contributed by atoms with van der Waals surface area (Å²) in [4.78, 5) is 0. The van der Waals surface area contributed by atoms with Gasteiger partial charge in [-0.1, -0.05) is 39.7 Å². The van der Waals surface area contributed by atoms with Crippen LogP contribution in [0.15, 0.2) is 12.8 Å². The fourth-order valence-corrected chi connectivity index (χ4v) is 1.10. The predicted octanol–water partition coefficient (Wildman–Crippen LogP) is 3.33. The van der Waals surface area contributed by atoms with Crippen LogP contribution in [-0.2, 0) is 4.74 Å². The fraction of sp³-hybridized carbons (Fsp3) is 0.833. The van der Waals surface area contributed by atoms with Crippen molar-refractivity contribution in [2.75, 3.05) is 13.2 Å². The maximum absolute atomic E-state index is 5.52. The van der Waals surface area contributed by atoms with Crippen LogP contribution in [0.4, 0.5) is 0 Å². The Morgan fingerprint density at radius 2 is 2.00 bits per heavy atom. The normalized spacial score (nSPS) is 11.1. The van der Waals surface area contributed by atoms with Gasteiger partial charge in [0, 0.05) is 0 Å². The highest BCUT2D eigenvalue weighted by Gasteiger charge is 2.00. The SMILES string of the molecule is C=COCC.CCCCC(CC)CN. The number of hydrogen-bond donors (Lipinski definition) is 1. The summed E-state index contributed by atoms with van der Waals surface area (Å²) >= 11 is 0. The van der Waals surface area contributed by atoms with E-state index < -0.39 is 0 Å². The summed E-state index contributed by atoms with van der Waals surface area (Å²) in [5, 5.41) is 0. The van der Waals surface area contributed by atoms with Gasteiger partial charge >= 0.3 is 0 Å². The third-order valence-corrected chi connectivity index (χ3v) is 2.16. The molecule has 0 aromatic rings. The fourth-order valence-electron chi connectivity index (χ4n) is 1.10. The molecule has 0 aromatic carbocycles. The van der Waals surface area contributed by atoms with Crippen molar-refractivity contribution < 1.29 is 4.74 Å². The summed E-state index contributed by atoms with van der Waals surface area (Å²) in [6.45, 7) is 11.3. The topological polar surface area (TPSA) is 35.2 Å². The van der Waals surface area contributed by atoms with Gasteiger partial charge in [0.2, 0.25) is 0 Å². The zero-order valence-electron chi connectivity index (χ0n) is 10.1. The van der Waals surface area contributed by atoms with E-state index in [2.05, 4.69) is 25.2 Å². The van der Waals surface area contributed by atoms with Gasteiger partial charge < -0.3 is 10.5 Å². The van der Waals surface area contributed by atoms with Gasteiger partial charge in [0.1, 0.15) is 0 Å². The maximum Gasteiger partial charge on any atom is 0.0844 e. The Labute approximate surface area is 89.5 Å². The molecule has 86 valence electrons. The van der Waals surface area contributed by atoms with E-state index in [1.807, 2.05) is 6.92 Å². The lowest BCUT2D eigenvalue weighted by Crippen LogP contribution is -2.12. The average molecular weight is 201 g/mol. The van der Waals surface area contributed by atoms with E-state index in [-0.39, 0.29) is 0 Å². The molecule has 2 N–H and O–H groups in total. The van der Waals surface area contributed by atoms with Crippen molar-refractivity contribution in [1.82, 2.24) is 0 Å². The first kappa shape index (κ1) is 15.9. The van der Waals surface area contributed by atoms with Gasteiger partial charge in [0.15, 0.2) is 0 Å². The highest BCUT2D eigenvalue weighted by molar-refractivity contribution is 4.56. The molecule has 0 fully saturated rings. The Morgan fingerprint density at radius 1 is 1.36 bits per heavy atom. The van der Waals surface area contributed by atoms with Crippen LogP contribution in [0.2, 0.25) is 0 Å². The van der Waals surface area contributed by atoms with Crippen LogP contribution in [0, 0.1) is 5.92 Å². The monoisotopic (exact) mass is 201 g/mol. The van der Waals surface area contributed by atoms with E-state index in [1.165, 1.54) is 31.9 Å². The third-order valence-electron chi connectivity index (χ3n) is 2.16. The standard InChI is InChI=1S/C8H19N.C4H8O/c1-3-5-6-8(4-2)7-9;1-3-5-4-2/h8H,3-7,9H2,1-2H3;3H,1,4H2,2H3. The molecule has 0 radical (unpaired) electrons. The van der Waals surface area contributed by atoms with Crippen molar-refractivity contribution >= 4 is 0 Å². The van der Waals surface area contributed by atoms with Gasteiger partial charge in [-0.25, -0.2) is 0 Å². The van der Waals surface area contributed by atoms with Crippen LogP contribution >= 0.6 is 0 Å². The van der Waals surface area contributed by atoms with Crippen molar-refractivity contribution in [3.8, 4) is 0 Å². The molecule has 0 amide bonds. The van der Waals surface area contributed by atoms with Gasteiger partial charge in [0.25, 0.3) is 0 Å². The van der Waals surface area contributed by atoms with Crippen LogP contribution in [-0.4, -0.2) is 13.2 Å². The van der Waals surface area contributed by atoms with Gasteiger partial charge in [0.05, 0.1) is 12.9 Å². The molecule has 0 rings (SSSR count). The number of rotatable bonds is 7. The Bertz CT molecular complexity index is 100. The molecule has 1 unspecified atom stereocenters. The van der Waals surface area contributed by atoms with Gasteiger partial charge in [-0.2, -0.15) is 0 Å². The van der Waals surface area contributed by atoms with E-state index in [1.54, 1.807) is 0 Å². The Hall–Kier alpha value is -0.500. The number of nitrogens with two attached hydrogens (primary N) is 1. The molecule has 0 saturated carbocycles. The summed E-state index contributed by atoms with van der Waals surface area (Å²) < 4.78 is 4.60. The first-order chi connectivity index (χ1) is 6.76. The summed E-state index contributed by atoms with van der Waals surface area (Å²) in [6, 6.07) is 0. The van der Waals surface area contributed by atoms with Crippen molar-refractivity contribution in [3.05, 3.63) is 12.8 Å². The van der Waals surface area contributed by atoms with E-state index in [0.29, 0.717) is 0 Å². The lowest BCUT2D eigenvalue weighted by molar-refractivity contribution is 0.270. The second-order valence-electron chi connectivity index (χ2n) is 3.27. The lowest BCUT2D eigenvalue weighted by atomic mass is 10.00. The maximum atomic E-state index is 5.52. The molecule has 0 bridgehead atoms. The third kappa shape index (κ3) is 14.0. The molecule has 0 aliphatic rings. The smallest absolute Gasteiger partial charge is 0.0844 e. The van der Waals surface area contributed by atoms with Crippen molar-refractivity contribution in [2.24, 2.45) is 11.7 Å². The summed E-state index contributed by atoms with van der Waals surface area (Å²) in [6.07, 6.45) is 6.65. The average Bonchev–Trinajstić information content (AvgIpc) is 2.22. The first-order valence-electron chi connectivity index (χ1n) is 5.69. The highest BCUT2D eigenvalue weighted by Crippen LogP contribution is 2.09. The summed E-state index contributed by atoms with van der Waals surface area (Å²) in [7, 11) is 0. The molecule has 14 heavy (non-hydrogen) atoms. The van der Waals surface area contributed by atoms with Crippen LogP contribution in [0.25, 0.3) is 0 Å². The second kappa shape index (κ2) is 15.0. The minimum absolute atomic E-state index is 0.726. The Morgan fingerprint density at radius 3 is 2.21 bits per heavy atom. The highest BCUT2D eigenvalue weighted by atomic mass is 16.5. The van der Waals surface area contributed by atoms with Crippen LogP contribution in [0.5, 0.6) is 0 Å². The summed E-state index contributed by atoms with van der Waals surface area (Å²) in [5.41, 5.74) is 5.52. The molecular weight excluding hydrogens is 174 g/mol. The largest absolute Gasteiger partial charge is 0.502 e. The van der Waals surface area contributed by atoms with Gasteiger partial charge in [-0.05, 0) is 25.8 Å². The van der Waals surface area contributed by atoms with E-state index in [9.17, 15) is 0 Å². The number of unbranched alkanes of at least 4 members (excludes halogenated alkanes) is 1.